The number of hydrogen-bond donors (Lipinski definition) is 1. The molecule has 3 aromatic rings. The van der Waals surface area contributed by atoms with Gasteiger partial charge >= 0.3 is 11.9 Å². The molecule has 0 spiro atoms. The number of anilines is 1. The van der Waals surface area contributed by atoms with Crippen LogP contribution in [0.25, 0.3) is 22.2 Å². The summed E-state index contributed by atoms with van der Waals surface area (Å²) in [6.07, 6.45) is -4.59. The van der Waals surface area contributed by atoms with Gasteiger partial charge in [0.25, 0.3) is 5.56 Å². The lowest BCUT2D eigenvalue weighted by atomic mass is 9.93. The maximum atomic E-state index is 14.2. The fraction of sp³-hybridized carbons (Fsp3) is 0.300. The van der Waals surface area contributed by atoms with Gasteiger partial charge in [0, 0.05) is 44.4 Å². The van der Waals surface area contributed by atoms with Gasteiger partial charge in [-0.15, -0.1) is 0 Å². The number of pyridine rings is 1. The molecule has 0 amide bonds. The van der Waals surface area contributed by atoms with Crippen molar-refractivity contribution in [2.24, 2.45) is 19.8 Å². The third-order valence-corrected chi connectivity index (χ3v) is 5.02. The van der Waals surface area contributed by atoms with Crippen LogP contribution in [-0.4, -0.2) is 33.9 Å². The monoisotopic (exact) mass is 450 g/mol. The summed E-state index contributed by atoms with van der Waals surface area (Å²) in [5, 5.41) is 9.38. The van der Waals surface area contributed by atoms with Crippen LogP contribution in [-0.2, 0) is 20.6 Å². The molecule has 2 aromatic heterocycles. The second-order valence-corrected chi connectivity index (χ2v) is 7.17. The van der Waals surface area contributed by atoms with E-state index in [1.807, 2.05) is 6.07 Å². The number of nitriles is 1. The molecule has 0 unspecified atom stereocenters. The van der Waals surface area contributed by atoms with Gasteiger partial charge in [0.1, 0.15) is 18.2 Å². The summed E-state index contributed by atoms with van der Waals surface area (Å²) in [5.74, 6) is -0.984. The van der Waals surface area contributed by atoms with Crippen molar-refractivity contribution in [3.63, 3.8) is 0 Å². The fourth-order valence-electron chi connectivity index (χ4n) is 3.58. The lowest BCUT2D eigenvalue weighted by molar-refractivity contribution is -0.119. The first-order valence-corrected chi connectivity index (χ1v) is 9.21. The Morgan fingerprint density at radius 3 is 2.44 bits per heavy atom. The van der Waals surface area contributed by atoms with Gasteiger partial charge in [0.15, 0.2) is 5.65 Å². The molecule has 168 valence electrons. The Bertz CT molecular complexity index is 1380. The molecular formula is C20H18F4N6O2. The third-order valence-electron chi connectivity index (χ3n) is 5.02. The van der Waals surface area contributed by atoms with E-state index in [2.05, 4.69) is 4.98 Å². The van der Waals surface area contributed by atoms with E-state index in [-0.39, 0.29) is 45.6 Å². The van der Waals surface area contributed by atoms with Crippen LogP contribution in [0.5, 0.6) is 0 Å². The van der Waals surface area contributed by atoms with Crippen molar-refractivity contribution in [2.45, 2.75) is 12.7 Å². The highest BCUT2D eigenvalue weighted by Crippen LogP contribution is 2.37. The largest absolute Gasteiger partial charge is 0.405 e. The number of rotatable bonds is 4. The molecule has 0 fully saturated rings. The Morgan fingerprint density at radius 1 is 1.22 bits per heavy atom. The minimum Gasteiger partial charge on any atom is -0.350 e. The highest BCUT2D eigenvalue weighted by molar-refractivity contribution is 5.98. The Morgan fingerprint density at radius 2 is 1.88 bits per heavy atom. The van der Waals surface area contributed by atoms with Gasteiger partial charge < -0.3 is 10.6 Å². The molecule has 8 nitrogen and oxygen atoms in total. The minimum absolute atomic E-state index is 0.00194. The van der Waals surface area contributed by atoms with Crippen molar-refractivity contribution in [1.82, 2.24) is 14.1 Å². The molecule has 0 saturated heterocycles. The van der Waals surface area contributed by atoms with E-state index in [9.17, 15) is 32.4 Å². The van der Waals surface area contributed by atoms with Crippen LogP contribution in [0.1, 0.15) is 11.1 Å². The summed E-state index contributed by atoms with van der Waals surface area (Å²) in [6.45, 7) is -1.77. The predicted molar refractivity (Wildman–Crippen MR) is 110 cm³/mol. The lowest BCUT2D eigenvalue weighted by Gasteiger charge is -2.25. The SMILES string of the molecule is CN(CC(F)(F)F)c1nc2c(c(-c3cc(F)ccc3C#N)c1CN)c(=O)n(C)c(=O)n2C. The van der Waals surface area contributed by atoms with Crippen molar-refractivity contribution in [3.05, 3.63) is 56.0 Å². The summed E-state index contributed by atoms with van der Waals surface area (Å²) in [7, 11) is 3.64. The molecule has 0 radical (unpaired) electrons. The molecule has 2 heterocycles. The van der Waals surface area contributed by atoms with Crippen molar-refractivity contribution < 1.29 is 17.6 Å². The summed E-state index contributed by atoms with van der Waals surface area (Å²) in [6, 6.07) is 5.10. The number of nitrogens with zero attached hydrogens (tertiary/aromatic N) is 5. The zero-order valence-corrected chi connectivity index (χ0v) is 17.3. The van der Waals surface area contributed by atoms with E-state index in [0.29, 0.717) is 0 Å². The van der Waals surface area contributed by atoms with Crippen molar-refractivity contribution in [3.8, 4) is 17.2 Å². The molecule has 2 N–H and O–H groups in total. The highest BCUT2D eigenvalue weighted by atomic mass is 19.4. The van der Waals surface area contributed by atoms with Crippen LogP contribution < -0.4 is 21.9 Å². The van der Waals surface area contributed by atoms with E-state index in [0.717, 1.165) is 33.2 Å². The predicted octanol–water partition coefficient (Wildman–Crippen LogP) is 1.77. The smallest absolute Gasteiger partial charge is 0.350 e. The van der Waals surface area contributed by atoms with Gasteiger partial charge in [-0.3, -0.25) is 13.9 Å². The minimum atomic E-state index is -4.59. The molecule has 0 saturated carbocycles. The van der Waals surface area contributed by atoms with Gasteiger partial charge in [-0.25, -0.2) is 14.2 Å². The summed E-state index contributed by atoms with van der Waals surface area (Å²) >= 11 is 0. The molecule has 12 heteroatoms. The number of aromatic nitrogens is 3. The number of benzene rings is 1. The van der Waals surface area contributed by atoms with Crippen LogP contribution in [0.2, 0.25) is 0 Å². The molecule has 0 aliphatic carbocycles. The second kappa shape index (κ2) is 8.08. The van der Waals surface area contributed by atoms with Gasteiger partial charge in [0.2, 0.25) is 0 Å². The number of aryl methyl sites for hydroxylation is 1. The first-order valence-electron chi connectivity index (χ1n) is 9.21. The van der Waals surface area contributed by atoms with Crippen molar-refractivity contribution in [1.29, 1.82) is 5.26 Å². The zero-order chi connectivity index (χ0) is 24.0. The standard InChI is InChI=1S/C20H18F4N6O2/c1-28(9-20(22,23)24)16-13(8-26)14(12-6-11(21)5-4-10(12)7-25)15-17(27-16)29(2)19(32)30(3)18(15)31/h4-6H,8-9,26H2,1-3H3. The summed E-state index contributed by atoms with van der Waals surface area (Å²) in [5.41, 5.74) is 3.96. The third kappa shape index (κ3) is 3.82. The number of hydrogen-bond acceptors (Lipinski definition) is 6. The van der Waals surface area contributed by atoms with Gasteiger partial charge in [-0.05, 0) is 18.2 Å². The number of alkyl halides is 3. The first-order chi connectivity index (χ1) is 14.9. The first kappa shape index (κ1) is 23.0. The molecule has 32 heavy (non-hydrogen) atoms. The Balaban J connectivity index is 2.62. The van der Waals surface area contributed by atoms with Gasteiger partial charge in [-0.2, -0.15) is 18.4 Å². The average molecular weight is 450 g/mol. The maximum absolute atomic E-state index is 14.2. The normalized spacial score (nSPS) is 11.6. The molecule has 1 aromatic carbocycles. The summed E-state index contributed by atoms with van der Waals surface area (Å²) < 4.78 is 55.2. The van der Waals surface area contributed by atoms with E-state index in [1.165, 1.54) is 20.2 Å². The lowest BCUT2D eigenvalue weighted by Crippen LogP contribution is -2.38. The molecule has 0 atom stereocenters. The van der Waals surface area contributed by atoms with E-state index >= 15 is 0 Å². The van der Waals surface area contributed by atoms with Crippen LogP contribution in [0.3, 0.4) is 0 Å². The Labute approximate surface area is 178 Å². The van der Waals surface area contributed by atoms with E-state index in [1.54, 1.807) is 0 Å². The Hall–Kier alpha value is -3.72. The number of nitrogens with two attached hydrogens (primary N) is 1. The van der Waals surface area contributed by atoms with Crippen LogP contribution in [0.15, 0.2) is 27.8 Å². The van der Waals surface area contributed by atoms with Gasteiger partial charge in [0.05, 0.1) is 17.0 Å². The molecule has 3 rings (SSSR count). The topological polar surface area (TPSA) is 110 Å². The van der Waals surface area contributed by atoms with Crippen LogP contribution >= 0.6 is 0 Å². The van der Waals surface area contributed by atoms with Crippen LogP contribution in [0.4, 0.5) is 23.4 Å². The van der Waals surface area contributed by atoms with E-state index < -0.39 is 29.8 Å². The fourth-order valence-corrected chi connectivity index (χ4v) is 3.58. The number of halogens is 4. The maximum Gasteiger partial charge on any atom is 0.405 e. The van der Waals surface area contributed by atoms with Gasteiger partial charge in [-0.1, -0.05) is 0 Å². The average Bonchev–Trinajstić information content (AvgIpc) is 2.73. The van der Waals surface area contributed by atoms with Crippen molar-refractivity contribution in [2.75, 3.05) is 18.5 Å². The molecule has 0 aliphatic heterocycles. The number of fused-ring (bicyclic) bond motifs is 1. The van der Waals surface area contributed by atoms with Crippen LogP contribution in [0, 0.1) is 17.1 Å². The molecular weight excluding hydrogens is 432 g/mol. The highest BCUT2D eigenvalue weighted by Gasteiger charge is 2.32. The quantitative estimate of drug-likeness (QED) is 0.607. The zero-order valence-electron chi connectivity index (χ0n) is 17.3. The Kier molecular flexibility index (Phi) is 5.80. The molecule has 0 bridgehead atoms. The molecule has 0 aliphatic rings. The second-order valence-electron chi connectivity index (χ2n) is 7.17. The van der Waals surface area contributed by atoms with E-state index in [4.69, 9.17) is 5.73 Å². The van der Waals surface area contributed by atoms with Crippen molar-refractivity contribution >= 4 is 16.9 Å². The summed E-state index contributed by atoms with van der Waals surface area (Å²) in [4.78, 5) is 30.5.